The van der Waals surface area contributed by atoms with Gasteiger partial charge >= 0.3 is 97.2 Å². The molecule has 1 radical (unpaired) electrons. The first-order chi connectivity index (χ1) is 26.7. The van der Waals surface area contributed by atoms with Gasteiger partial charge < -0.3 is 9.13 Å². The van der Waals surface area contributed by atoms with E-state index in [1.54, 1.807) is 0 Å². The molecule has 0 aliphatic carbocycles. The monoisotopic (exact) mass is 1130 g/mol. The molecule has 0 spiro atoms. The Kier molecular flexibility index (Phi) is 18.2. The van der Waals surface area contributed by atoms with Gasteiger partial charge in [-0.3, -0.25) is 4.74 Å². The SMILES string of the molecule is CCC(F)(F)[C-](F)OC(F)(F)C(F)(F)C(F)(F)OC(F)(F)C(F)(F)OC(F)(F)OC(F)(F)C(F)(OC(F)(F)C(F)(F)OC(F)(F)C(F)(F)C(F)(F)OC(F)(F)C(C)(F)F)C(F)(F)F.[Y]. The predicted molar refractivity (Wildman–Crippen MR) is 112 cm³/mol. The molecule has 0 fully saturated rings. The fourth-order valence-corrected chi connectivity index (χ4v) is 2.58. The molecule has 0 aliphatic heterocycles. The van der Waals surface area contributed by atoms with Crippen molar-refractivity contribution < 1.29 is 220 Å². The van der Waals surface area contributed by atoms with E-state index in [0.29, 0.717) is 0 Å². The van der Waals surface area contributed by atoms with Crippen LogP contribution in [0.4, 0.5) is 154 Å². The van der Waals surface area contributed by atoms with Crippen molar-refractivity contribution in [1.29, 1.82) is 0 Å². The van der Waals surface area contributed by atoms with Gasteiger partial charge in [-0.2, -0.15) is 132 Å². The number of rotatable bonds is 24. The van der Waals surface area contributed by atoms with E-state index in [4.69, 9.17) is 0 Å². The molecule has 0 aromatic heterocycles. The average Bonchev–Trinajstić information content (AvgIpc) is 2.96. The zero-order chi connectivity index (χ0) is 51.7. The van der Waals surface area contributed by atoms with E-state index in [1.807, 2.05) is 4.74 Å². The van der Waals surface area contributed by atoms with Crippen LogP contribution in [-0.2, 0) is 65.9 Å². The minimum Gasteiger partial charge on any atom is -0.452 e. The normalized spacial score (nSPS) is 17.2. The summed E-state index contributed by atoms with van der Waals surface area (Å²) in [7, 11) is 0. The number of ether oxygens (including phenoxy) is 7. The van der Waals surface area contributed by atoms with E-state index in [9.17, 15) is 154 Å². The summed E-state index contributed by atoms with van der Waals surface area (Å²) in [5.41, 5.74) is 0. The molecular weight excluding hydrogens is 1120 g/mol. The molecule has 383 valence electrons. The third-order valence-electron chi connectivity index (χ3n) is 5.87. The first-order valence-corrected chi connectivity index (χ1v) is 13.5. The molecule has 0 N–H and O–H groups in total. The van der Waals surface area contributed by atoms with Gasteiger partial charge in [0, 0.05) is 46.0 Å². The molecule has 1 atom stereocenters. The van der Waals surface area contributed by atoms with Crippen LogP contribution < -0.4 is 0 Å². The van der Waals surface area contributed by atoms with E-state index in [2.05, 4.69) is 0 Å². The molecule has 7 nitrogen and oxygen atoms in total. The molecule has 0 aliphatic rings. The fraction of sp³-hybridized carbons (Fsp3) is 0.952. The van der Waals surface area contributed by atoms with Crippen molar-refractivity contribution >= 4 is 0 Å². The van der Waals surface area contributed by atoms with E-state index < -0.39 is 123 Å². The maximum atomic E-state index is 14.3. The Labute approximate surface area is 349 Å². The van der Waals surface area contributed by atoms with Gasteiger partial charge in [-0.05, 0) is 6.42 Å². The molecule has 0 heterocycles. The Morgan fingerprint density at radius 1 is 0.344 bits per heavy atom. The number of hydrogen-bond donors (Lipinski definition) is 0. The van der Waals surface area contributed by atoms with Crippen molar-refractivity contribution in [2.45, 2.75) is 123 Å². The molecule has 0 amide bonds. The third-order valence-corrected chi connectivity index (χ3v) is 5.87. The maximum absolute atomic E-state index is 14.3. The summed E-state index contributed by atoms with van der Waals surface area (Å²) in [6, 6.07) is 0. The Morgan fingerprint density at radius 3 is 0.906 bits per heavy atom. The topological polar surface area (TPSA) is 64.6 Å². The molecule has 0 aromatic carbocycles. The van der Waals surface area contributed by atoms with Crippen molar-refractivity contribution in [1.82, 2.24) is 0 Å². The van der Waals surface area contributed by atoms with Crippen LogP contribution in [0.15, 0.2) is 0 Å². The second kappa shape index (κ2) is 18.0. The van der Waals surface area contributed by atoms with Crippen LogP contribution in [0, 0.1) is 6.36 Å². The van der Waals surface area contributed by atoms with Crippen LogP contribution in [0.1, 0.15) is 20.3 Å². The van der Waals surface area contributed by atoms with E-state index in [-0.39, 0.29) is 39.6 Å². The molecule has 64 heavy (non-hydrogen) atoms. The van der Waals surface area contributed by atoms with Gasteiger partial charge in [-0.1, -0.05) is 6.92 Å². The van der Waals surface area contributed by atoms with E-state index in [0.717, 1.165) is 23.7 Å². The number of hydrogen-bond acceptors (Lipinski definition) is 7. The zero-order valence-corrected chi connectivity index (χ0v) is 31.2. The Hall–Kier alpha value is -1.63. The van der Waals surface area contributed by atoms with Gasteiger partial charge in [0.2, 0.25) is 0 Å². The van der Waals surface area contributed by atoms with Gasteiger partial charge in [0.05, 0.1) is 0 Å². The average molecular weight is 1130 g/mol. The number of alkyl halides is 34. The van der Waals surface area contributed by atoms with E-state index >= 15 is 0 Å². The Balaban J connectivity index is 0. The predicted octanol–water partition coefficient (Wildman–Crippen LogP) is 12.2. The second-order valence-corrected chi connectivity index (χ2v) is 10.8. The largest absolute Gasteiger partial charge is 0.495 e. The second-order valence-electron chi connectivity index (χ2n) is 10.8. The van der Waals surface area contributed by atoms with Crippen molar-refractivity contribution in [2.24, 2.45) is 0 Å². The van der Waals surface area contributed by atoms with Gasteiger partial charge in [0.25, 0.3) is 0 Å². The smallest absolute Gasteiger partial charge is 0.452 e. The van der Waals surface area contributed by atoms with Gasteiger partial charge in [0.1, 0.15) is 0 Å². The quantitative estimate of drug-likeness (QED) is 0.0542. The zero-order valence-electron chi connectivity index (χ0n) is 28.4. The molecule has 43 heteroatoms. The maximum Gasteiger partial charge on any atom is 0.495 e. The third kappa shape index (κ3) is 12.7. The molecule has 0 saturated heterocycles. The van der Waals surface area contributed by atoms with Crippen LogP contribution in [0.3, 0.4) is 0 Å². The molecule has 1 unspecified atom stereocenters. The van der Waals surface area contributed by atoms with Crippen LogP contribution in [0.2, 0.25) is 0 Å². The summed E-state index contributed by atoms with van der Waals surface area (Å²) in [5, 5.41) is 0. The molecule has 0 saturated carbocycles. The van der Waals surface area contributed by atoms with Gasteiger partial charge in [0.15, 0.2) is 5.92 Å². The van der Waals surface area contributed by atoms with Crippen LogP contribution >= 0.6 is 0 Å². The fourth-order valence-electron chi connectivity index (χ4n) is 2.58. The van der Waals surface area contributed by atoms with E-state index in [1.165, 1.54) is 4.74 Å². The summed E-state index contributed by atoms with van der Waals surface area (Å²) in [6.45, 7) is -1.14. The number of halogens is 35. The minimum absolute atomic E-state index is 0. The summed E-state index contributed by atoms with van der Waals surface area (Å²) >= 11 is 0. The molecule has 0 rings (SSSR count). The van der Waals surface area contributed by atoms with Crippen molar-refractivity contribution in [2.75, 3.05) is 0 Å². The molecule has 0 bridgehead atoms. The van der Waals surface area contributed by atoms with Gasteiger partial charge in [-0.25, -0.2) is 32.5 Å². The standard InChI is InChI=1S/C21H8F35O7.Y/c1-3-6(25,26)4(22)57-12(37,38)7(27,28)13(39,40)60-19(51,52)20(53,54)63-21(55,56)62-16(45,46)9(31,10(32,33)34)58-17(47,48)18(49,50)61-15(43,44)8(29,30)14(41,42)59-11(35,36)5(2,23)24;/h3H2,1-2H3;/q-1;. The Bertz CT molecular complexity index is 1560. The summed E-state index contributed by atoms with van der Waals surface area (Å²) in [4.78, 5) is 0. The summed E-state index contributed by atoms with van der Waals surface area (Å²) in [5.74, 6) is -37.5. The summed E-state index contributed by atoms with van der Waals surface area (Å²) in [6.07, 6.45) is -107. The van der Waals surface area contributed by atoms with Crippen LogP contribution in [-0.4, -0.2) is 103 Å². The van der Waals surface area contributed by atoms with Crippen molar-refractivity contribution in [3.63, 3.8) is 0 Å². The first-order valence-electron chi connectivity index (χ1n) is 13.5. The van der Waals surface area contributed by atoms with Crippen LogP contribution in [0.25, 0.3) is 0 Å². The minimum atomic E-state index is -8.97. The summed E-state index contributed by atoms with van der Waals surface area (Å²) < 4.78 is 478. The van der Waals surface area contributed by atoms with Crippen LogP contribution in [0.5, 0.6) is 0 Å². The van der Waals surface area contributed by atoms with Gasteiger partial charge in [-0.15, -0.1) is 8.78 Å². The van der Waals surface area contributed by atoms with Crippen molar-refractivity contribution in [3.8, 4) is 0 Å². The molecule has 0 aromatic rings. The first kappa shape index (κ1) is 64.5. The molecular formula is C21H8F35O7Y-. The van der Waals surface area contributed by atoms with Crippen molar-refractivity contribution in [3.05, 3.63) is 6.36 Å². The Morgan fingerprint density at radius 2 is 0.609 bits per heavy atom.